The van der Waals surface area contributed by atoms with Crippen molar-refractivity contribution in [2.45, 2.75) is 26.8 Å². The van der Waals surface area contributed by atoms with Crippen LogP contribution in [-0.4, -0.2) is 31.6 Å². The molecule has 2 N–H and O–H groups in total. The van der Waals surface area contributed by atoms with E-state index in [1.165, 1.54) is 6.07 Å². The number of aliphatic imine (C=N–C) groups is 1. The number of guanidine groups is 1. The van der Waals surface area contributed by atoms with Gasteiger partial charge in [-0.15, -0.1) is 0 Å². The number of ether oxygens (including phenoxy) is 1. The van der Waals surface area contributed by atoms with E-state index in [2.05, 4.69) is 20.6 Å². The molecule has 134 valence electrons. The Morgan fingerprint density at radius 1 is 1.28 bits per heavy atom. The number of hydrogen-bond acceptors (Lipinski definition) is 3. The fourth-order valence-electron chi connectivity index (χ4n) is 2.66. The van der Waals surface area contributed by atoms with Gasteiger partial charge in [0.15, 0.2) is 5.96 Å². The number of aryl methyl sites for hydroxylation is 1. The maximum Gasteiger partial charge on any atom is 0.191 e. The van der Waals surface area contributed by atoms with Gasteiger partial charge in [-0.2, -0.15) is 0 Å². The van der Waals surface area contributed by atoms with E-state index in [0.717, 1.165) is 28.1 Å². The highest BCUT2D eigenvalue weighted by Gasteiger charge is 2.09. The standard InChI is InChI=1S/C19H25FN4O/c1-13-11-23-17(14(2)18(13)25-4)12-24-19(21-3)22-9-8-15-6-5-7-16(20)10-15/h5-7,10-11H,8-9,12H2,1-4H3,(H2,21,22,24). The molecular formula is C19H25FN4O. The normalized spacial score (nSPS) is 11.3. The maximum absolute atomic E-state index is 13.2. The van der Waals surface area contributed by atoms with E-state index in [1.807, 2.05) is 26.1 Å². The molecule has 0 aliphatic rings. The van der Waals surface area contributed by atoms with Crippen molar-refractivity contribution in [3.8, 4) is 5.75 Å². The predicted octanol–water partition coefficient (Wildman–Crippen LogP) is 2.75. The lowest BCUT2D eigenvalue weighted by Crippen LogP contribution is -2.38. The third-order valence-electron chi connectivity index (χ3n) is 3.99. The molecule has 1 aromatic carbocycles. The van der Waals surface area contributed by atoms with Crippen molar-refractivity contribution in [2.24, 2.45) is 4.99 Å². The van der Waals surface area contributed by atoms with Gasteiger partial charge in [0.25, 0.3) is 0 Å². The molecule has 25 heavy (non-hydrogen) atoms. The Bertz CT molecular complexity index is 746. The van der Waals surface area contributed by atoms with E-state index in [-0.39, 0.29) is 5.82 Å². The first-order valence-corrected chi connectivity index (χ1v) is 8.23. The second-order valence-corrected chi connectivity index (χ2v) is 5.78. The van der Waals surface area contributed by atoms with E-state index in [0.29, 0.717) is 25.5 Å². The summed E-state index contributed by atoms with van der Waals surface area (Å²) in [5.74, 6) is 1.33. The largest absolute Gasteiger partial charge is 0.496 e. The zero-order valence-corrected chi connectivity index (χ0v) is 15.2. The van der Waals surface area contributed by atoms with Crippen molar-refractivity contribution in [1.29, 1.82) is 0 Å². The number of pyridine rings is 1. The molecule has 2 rings (SSSR count). The topological polar surface area (TPSA) is 58.5 Å². The smallest absolute Gasteiger partial charge is 0.191 e. The van der Waals surface area contributed by atoms with Gasteiger partial charge in [-0.25, -0.2) is 4.39 Å². The van der Waals surface area contributed by atoms with Crippen LogP contribution >= 0.6 is 0 Å². The summed E-state index contributed by atoms with van der Waals surface area (Å²) in [7, 11) is 3.38. The molecule has 0 radical (unpaired) electrons. The molecular weight excluding hydrogens is 319 g/mol. The number of rotatable bonds is 6. The van der Waals surface area contributed by atoms with E-state index in [4.69, 9.17) is 4.74 Å². The lowest BCUT2D eigenvalue weighted by molar-refractivity contribution is 0.406. The molecule has 0 aliphatic heterocycles. The number of benzene rings is 1. The Balaban J connectivity index is 1.88. The first-order chi connectivity index (χ1) is 12.0. The Hall–Kier alpha value is -2.63. The van der Waals surface area contributed by atoms with E-state index in [9.17, 15) is 4.39 Å². The average Bonchev–Trinajstić information content (AvgIpc) is 2.60. The summed E-state index contributed by atoms with van der Waals surface area (Å²) in [4.78, 5) is 8.67. The SMILES string of the molecule is CN=C(NCCc1cccc(F)c1)NCc1ncc(C)c(OC)c1C. The van der Waals surface area contributed by atoms with Crippen LogP contribution in [0.4, 0.5) is 4.39 Å². The minimum Gasteiger partial charge on any atom is -0.496 e. The third kappa shape index (κ3) is 5.17. The summed E-state index contributed by atoms with van der Waals surface area (Å²) >= 11 is 0. The lowest BCUT2D eigenvalue weighted by atomic mass is 10.1. The summed E-state index contributed by atoms with van der Waals surface area (Å²) in [5, 5.41) is 6.47. The fraction of sp³-hybridized carbons (Fsp3) is 0.368. The number of methoxy groups -OCH3 is 1. The molecule has 0 saturated carbocycles. The zero-order chi connectivity index (χ0) is 18.2. The van der Waals surface area contributed by atoms with Crippen molar-refractivity contribution in [1.82, 2.24) is 15.6 Å². The van der Waals surface area contributed by atoms with Gasteiger partial charge in [-0.05, 0) is 38.0 Å². The summed E-state index contributed by atoms with van der Waals surface area (Å²) in [6.07, 6.45) is 2.52. The highest BCUT2D eigenvalue weighted by atomic mass is 19.1. The number of halogens is 1. The minimum atomic E-state index is -0.213. The number of aromatic nitrogens is 1. The van der Waals surface area contributed by atoms with Gasteiger partial charge in [0.05, 0.1) is 19.3 Å². The lowest BCUT2D eigenvalue weighted by Gasteiger charge is -2.15. The average molecular weight is 344 g/mol. The Morgan fingerprint density at radius 2 is 2.08 bits per heavy atom. The molecule has 1 heterocycles. The third-order valence-corrected chi connectivity index (χ3v) is 3.99. The molecule has 0 bridgehead atoms. The predicted molar refractivity (Wildman–Crippen MR) is 98.6 cm³/mol. The molecule has 0 spiro atoms. The first kappa shape index (κ1) is 18.7. The van der Waals surface area contributed by atoms with Crippen molar-refractivity contribution in [3.05, 3.63) is 58.7 Å². The van der Waals surface area contributed by atoms with E-state index < -0.39 is 0 Å². The Morgan fingerprint density at radius 3 is 2.76 bits per heavy atom. The van der Waals surface area contributed by atoms with Gasteiger partial charge in [-0.1, -0.05) is 12.1 Å². The van der Waals surface area contributed by atoms with E-state index >= 15 is 0 Å². The van der Waals surface area contributed by atoms with Crippen LogP contribution in [0.2, 0.25) is 0 Å². The van der Waals surface area contributed by atoms with Gasteiger partial charge < -0.3 is 15.4 Å². The first-order valence-electron chi connectivity index (χ1n) is 8.23. The van der Waals surface area contributed by atoms with Crippen LogP contribution in [0.15, 0.2) is 35.5 Å². The molecule has 0 saturated heterocycles. The highest BCUT2D eigenvalue weighted by Crippen LogP contribution is 2.23. The van der Waals surface area contributed by atoms with Crippen LogP contribution in [-0.2, 0) is 13.0 Å². The zero-order valence-electron chi connectivity index (χ0n) is 15.2. The second kappa shape index (κ2) is 9.01. The van der Waals surface area contributed by atoms with E-state index in [1.54, 1.807) is 26.3 Å². The quantitative estimate of drug-likeness (QED) is 0.625. The van der Waals surface area contributed by atoms with Gasteiger partial charge in [0.1, 0.15) is 11.6 Å². The van der Waals surface area contributed by atoms with Crippen LogP contribution in [0, 0.1) is 19.7 Å². The second-order valence-electron chi connectivity index (χ2n) is 5.78. The maximum atomic E-state index is 13.2. The van der Waals surface area contributed by atoms with Gasteiger partial charge in [0.2, 0.25) is 0 Å². The summed E-state index contributed by atoms with van der Waals surface area (Å²) in [6, 6.07) is 6.62. The fourth-order valence-corrected chi connectivity index (χ4v) is 2.66. The van der Waals surface area contributed by atoms with Crippen molar-refractivity contribution < 1.29 is 9.13 Å². The van der Waals surface area contributed by atoms with Gasteiger partial charge in [-0.3, -0.25) is 9.98 Å². The number of hydrogen-bond donors (Lipinski definition) is 2. The molecule has 0 aliphatic carbocycles. The van der Waals surface area contributed by atoms with Gasteiger partial charge >= 0.3 is 0 Å². The van der Waals surface area contributed by atoms with Crippen molar-refractivity contribution >= 4 is 5.96 Å². The Labute approximate surface area is 148 Å². The molecule has 0 unspecified atom stereocenters. The molecule has 2 aromatic rings. The van der Waals surface area contributed by atoms with Crippen molar-refractivity contribution in [2.75, 3.05) is 20.7 Å². The molecule has 0 amide bonds. The number of nitrogens with one attached hydrogen (secondary N) is 2. The summed E-state index contributed by atoms with van der Waals surface area (Å²) < 4.78 is 18.6. The monoisotopic (exact) mass is 344 g/mol. The van der Waals surface area contributed by atoms with Crippen LogP contribution in [0.25, 0.3) is 0 Å². The Kier molecular flexibility index (Phi) is 6.74. The molecule has 6 heteroatoms. The van der Waals surface area contributed by atoms with Crippen LogP contribution < -0.4 is 15.4 Å². The van der Waals surface area contributed by atoms with Crippen LogP contribution in [0.1, 0.15) is 22.4 Å². The molecule has 0 atom stereocenters. The van der Waals surface area contributed by atoms with Crippen LogP contribution in [0.3, 0.4) is 0 Å². The molecule has 5 nitrogen and oxygen atoms in total. The minimum absolute atomic E-state index is 0.213. The summed E-state index contributed by atoms with van der Waals surface area (Å²) in [6.45, 7) is 5.17. The molecule has 0 fully saturated rings. The highest BCUT2D eigenvalue weighted by molar-refractivity contribution is 5.79. The van der Waals surface area contributed by atoms with Crippen LogP contribution in [0.5, 0.6) is 5.75 Å². The number of nitrogens with zero attached hydrogens (tertiary/aromatic N) is 2. The van der Waals surface area contributed by atoms with Crippen molar-refractivity contribution in [3.63, 3.8) is 0 Å². The van der Waals surface area contributed by atoms with Gasteiger partial charge in [0, 0.05) is 30.9 Å². The summed E-state index contributed by atoms with van der Waals surface area (Å²) in [5.41, 5.74) is 3.89. The molecule has 1 aromatic heterocycles.